The molecule has 1 fully saturated rings. The number of aromatic nitrogens is 2. The highest BCUT2D eigenvalue weighted by atomic mass is 32.1. The van der Waals surface area contributed by atoms with E-state index in [0.717, 1.165) is 5.69 Å². The summed E-state index contributed by atoms with van der Waals surface area (Å²) in [7, 11) is 0. The molecule has 0 N–H and O–H groups in total. The average Bonchev–Trinajstić information content (AvgIpc) is 3.22. The maximum Gasteiger partial charge on any atom is 0.373 e. The monoisotopic (exact) mass is 374 g/mol. The quantitative estimate of drug-likeness (QED) is 0.510. The second-order valence-electron chi connectivity index (χ2n) is 5.82. The molecule has 26 heavy (non-hydrogen) atoms. The second-order valence-corrected chi connectivity index (χ2v) is 6.69. The normalized spacial score (nSPS) is 14.8. The largest absolute Gasteiger partial charge is 0.373 e. The van der Waals surface area contributed by atoms with Crippen LogP contribution >= 0.6 is 11.3 Å². The highest BCUT2D eigenvalue weighted by Gasteiger charge is 2.30. The lowest BCUT2D eigenvalue weighted by atomic mass is 10.2. The summed E-state index contributed by atoms with van der Waals surface area (Å²) >= 11 is 1.36. The molecular weight excluding hydrogens is 360 g/mol. The zero-order valence-corrected chi connectivity index (χ0v) is 14.3. The molecule has 3 aromatic rings. The van der Waals surface area contributed by atoms with E-state index >= 15 is 0 Å². The summed E-state index contributed by atoms with van der Waals surface area (Å²) in [5.41, 5.74) is 0.955. The Morgan fingerprint density at radius 2 is 1.62 bits per heavy atom. The first-order valence-corrected chi connectivity index (χ1v) is 8.77. The van der Waals surface area contributed by atoms with Crippen LogP contribution in [0.3, 0.4) is 0 Å². The number of anilines is 2. The molecule has 4 rings (SSSR count). The summed E-state index contributed by atoms with van der Waals surface area (Å²) in [6.45, 7) is 2.48. The van der Waals surface area contributed by atoms with Gasteiger partial charge in [0.1, 0.15) is 6.20 Å². The molecule has 0 amide bonds. The first kappa shape index (κ1) is 16.3. The minimum atomic E-state index is -0.425. The molecule has 0 atom stereocenters. The molecule has 1 aliphatic heterocycles. The number of nitro groups is 2. The van der Waals surface area contributed by atoms with Crippen LogP contribution in [0, 0.1) is 20.2 Å². The van der Waals surface area contributed by atoms with Crippen LogP contribution in [0.1, 0.15) is 0 Å². The third kappa shape index (κ3) is 2.71. The highest BCUT2D eigenvalue weighted by Crippen LogP contribution is 2.32. The van der Waals surface area contributed by atoms with Gasteiger partial charge in [0.15, 0.2) is 0 Å². The zero-order valence-electron chi connectivity index (χ0n) is 13.5. The van der Waals surface area contributed by atoms with Crippen LogP contribution in [-0.2, 0) is 0 Å². The number of rotatable bonds is 4. The fraction of sp³-hybridized carbons (Fsp3) is 0.267. The first-order chi connectivity index (χ1) is 12.5. The molecule has 0 spiro atoms. The third-order valence-electron chi connectivity index (χ3n) is 4.40. The van der Waals surface area contributed by atoms with Crippen molar-refractivity contribution in [2.24, 2.45) is 0 Å². The molecule has 3 heterocycles. The Kier molecular flexibility index (Phi) is 3.92. The van der Waals surface area contributed by atoms with Crippen LogP contribution in [0.2, 0.25) is 0 Å². The number of nitrogens with zero attached hydrogens (tertiary/aromatic N) is 6. The molecule has 1 aromatic carbocycles. The van der Waals surface area contributed by atoms with E-state index in [1.807, 2.05) is 4.90 Å². The Morgan fingerprint density at radius 1 is 0.962 bits per heavy atom. The van der Waals surface area contributed by atoms with Crippen LogP contribution in [0.4, 0.5) is 23.0 Å². The molecule has 134 valence electrons. The van der Waals surface area contributed by atoms with Gasteiger partial charge in [-0.1, -0.05) is 11.3 Å². The molecule has 0 saturated carbocycles. The minimum Gasteiger partial charge on any atom is -0.368 e. The van der Waals surface area contributed by atoms with Gasteiger partial charge in [-0.05, 0) is 17.1 Å². The molecule has 0 bridgehead atoms. The zero-order chi connectivity index (χ0) is 18.3. The van der Waals surface area contributed by atoms with E-state index in [1.54, 1.807) is 23.7 Å². The molecule has 1 saturated heterocycles. The average molecular weight is 374 g/mol. The van der Waals surface area contributed by atoms with E-state index in [4.69, 9.17) is 0 Å². The maximum atomic E-state index is 11.5. The highest BCUT2D eigenvalue weighted by molar-refractivity contribution is 7.15. The number of imidazole rings is 1. The Hall–Kier alpha value is -3.21. The predicted octanol–water partition coefficient (Wildman–Crippen LogP) is 2.54. The van der Waals surface area contributed by atoms with Gasteiger partial charge in [-0.15, -0.1) is 0 Å². The molecule has 0 radical (unpaired) electrons. The standard InChI is InChI=1S/C15H14N6O4S/c22-20(23)12-3-1-11(2-4-12)17-5-7-18(8-6-17)13-14(21(24)25)19-9-10-26-15(19)16-13/h1-4,9-10H,5-8H2. The summed E-state index contributed by atoms with van der Waals surface area (Å²) in [6, 6.07) is 6.41. The number of fused-ring (bicyclic) bond motifs is 1. The van der Waals surface area contributed by atoms with Gasteiger partial charge in [0.25, 0.3) is 10.6 Å². The van der Waals surface area contributed by atoms with Crippen LogP contribution in [0.5, 0.6) is 0 Å². The molecule has 11 heteroatoms. The molecule has 0 aliphatic carbocycles. The van der Waals surface area contributed by atoms with E-state index in [2.05, 4.69) is 9.88 Å². The second kappa shape index (κ2) is 6.26. The van der Waals surface area contributed by atoms with E-state index in [-0.39, 0.29) is 11.5 Å². The van der Waals surface area contributed by atoms with Crippen molar-refractivity contribution in [2.75, 3.05) is 36.0 Å². The third-order valence-corrected chi connectivity index (χ3v) is 5.15. The Bertz CT molecular complexity index is 974. The summed E-state index contributed by atoms with van der Waals surface area (Å²) < 4.78 is 1.50. The maximum absolute atomic E-state index is 11.5. The molecule has 1 aliphatic rings. The number of thiazole rings is 1. The van der Waals surface area contributed by atoms with Crippen molar-refractivity contribution in [3.05, 3.63) is 56.1 Å². The topological polar surface area (TPSA) is 110 Å². The summed E-state index contributed by atoms with van der Waals surface area (Å²) in [6.07, 6.45) is 1.65. The smallest absolute Gasteiger partial charge is 0.368 e. The fourth-order valence-corrected chi connectivity index (χ4v) is 3.81. The fourth-order valence-electron chi connectivity index (χ4n) is 3.11. The lowest BCUT2D eigenvalue weighted by Crippen LogP contribution is -2.46. The van der Waals surface area contributed by atoms with E-state index in [1.165, 1.54) is 27.9 Å². The van der Waals surface area contributed by atoms with Crippen molar-refractivity contribution in [3.8, 4) is 0 Å². The number of benzene rings is 1. The van der Waals surface area contributed by atoms with E-state index in [9.17, 15) is 20.2 Å². The number of hydrogen-bond acceptors (Lipinski definition) is 8. The van der Waals surface area contributed by atoms with E-state index in [0.29, 0.717) is 37.0 Å². The lowest BCUT2D eigenvalue weighted by Gasteiger charge is -2.35. The van der Waals surface area contributed by atoms with Crippen molar-refractivity contribution < 1.29 is 9.85 Å². The number of non-ortho nitro benzene ring substituents is 1. The van der Waals surface area contributed by atoms with Crippen molar-refractivity contribution >= 4 is 39.3 Å². The van der Waals surface area contributed by atoms with Crippen LogP contribution in [0.15, 0.2) is 35.8 Å². The van der Waals surface area contributed by atoms with E-state index < -0.39 is 9.85 Å². The van der Waals surface area contributed by atoms with Crippen LogP contribution in [-0.4, -0.2) is 45.4 Å². The predicted molar refractivity (Wildman–Crippen MR) is 97.2 cm³/mol. The SMILES string of the molecule is O=[N+]([O-])c1ccc(N2CCN(c3nc4sccn4c3[N+](=O)[O-])CC2)cc1. The number of nitro benzene ring substituents is 1. The van der Waals surface area contributed by atoms with Gasteiger partial charge in [-0.3, -0.25) is 10.1 Å². The van der Waals surface area contributed by atoms with Gasteiger partial charge < -0.3 is 19.9 Å². The molecule has 0 unspecified atom stereocenters. The number of hydrogen-bond donors (Lipinski definition) is 0. The molecule has 10 nitrogen and oxygen atoms in total. The van der Waals surface area contributed by atoms with Gasteiger partial charge >= 0.3 is 5.82 Å². The molecule has 2 aromatic heterocycles. The van der Waals surface area contributed by atoms with Gasteiger partial charge in [-0.25, -0.2) is 0 Å². The van der Waals surface area contributed by atoms with Crippen molar-refractivity contribution in [2.45, 2.75) is 0 Å². The van der Waals surface area contributed by atoms with Crippen molar-refractivity contribution in [1.29, 1.82) is 0 Å². The van der Waals surface area contributed by atoms with Gasteiger partial charge in [0, 0.05) is 49.4 Å². The Morgan fingerprint density at radius 3 is 2.23 bits per heavy atom. The number of piperazine rings is 1. The van der Waals surface area contributed by atoms with Gasteiger partial charge in [-0.2, -0.15) is 9.38 Å². The Labute approximate surface area is 151 Å². The van der Waals surface area contributed by atoms with Crippen molar-refractivity contribution in [3.63, 3.8) is 0 Å². The lowest BCUT2D eigenvalue weighted by molar-refractivity contribution is -0.389. The van der Waals surface area contributed by atoms with Gasteiger partial charge in [0.2, 0.25) is 5.82 Å². The van der Waals surface area contributed by atoms with Gasteiger partial charge in [0.05, 0.1) is 4.92 Å². The minimum absolute atomic E-state index is 0.00923. The van der Waals surface area contributed by atoms with Crippen LogP contribution < -0.4 is 9.80 Å². The first-order valence-electron chi connectivity index (χ1n) is 7.89. The van der Waals surface area contributed by atoms with Crippen molar-refractivity contribution in [1.82, 2.24) is 9.38 Å². The summed E-state index contributed by atoms with van der Waals surface area (Å²) in [5.74, 6) is 0.384. The summed E-state index contributed by atoms with van der Waals surface area (Å²) in [5, 5.41) is 24.0. The van der Waals surface area contributed by atoms with Crippen LogP contribution in [0.25, 0.3) is 4.96 Å². The Balaban J connectivity index is 1.52. The molecular formula is C15H14N6O4S. The summed E-state index contributed by atoms with van der Waals surface area (Å²) in [4.78, 5) is 30.4.